The van der Waals surface area contributed by atoms with E-state index in [1.54, 1.807) is 0 Å². The molecule has 0 spiro atoms. The number of rotatable bonds is 2. The van der Waals surface area contributed by atoms with Crippen molar-refractivity contribution in [1.82, 2.24) is 0 Å². The summed E-state index contributed by atoms with van der Waals surface area (Å²) in [5, 5.41) is 28.9. The monoisotopic (exact) mass is 222 g/mol. The molecule has 16 heavy (non-hydrogen) atoms. The Hall–Kier alpha value is -2.67. The summed E-state index contributed by atoms with van der Waals surface area (Å²) >= 11 is 0. The first kappa shape index (κ1) is 11.4. The smallest absolute Gasteiger partial charge is 0.237 e. The van der Waals surface area contributed by atoms with Crippen LogP contribution in [0.1, 0.15) is 0 Å². The molecule has 1 rings (SSSR count). The van der Waals surface area contributed by atoms with Crippen LogP contribution in [0.2, 0.25) is 0 Å². The van der Waals surface area contributed by atoms with E-state index in [1.165, 1.54) is 12.1 Å². The van der Waals surface area contributed by atoms with Gasteiger partial charge >= 0.3 is 0 Å². The summed E-state index contributed by atoms with van der Waals surface area (Å²) in [5.41, 5.74) is 1.57. The van der Waals surface area contributed by atoms with Crippen molar-refractivity contribution in [3.8, 4) is 17.9 Å². The SMILES string of the molecule is N#CC(C#N)=NNc1cc(O)c(F)c(F)c1. The third-order valence-corrected chi connectivity index (χ3v) is 1.52. The first-order chi connectivity index (χ1) is 7.58. The molecule has 0 heterocycles. The number of benzene rings is 1. The Bertz CT molecular complexity index is 488. The molecule has 0 radical (unpaired) electrons. The van der Waals surface area contributed by atoms with Crippen molar-refractivity contribution in [2.45, 2.75) is 0 Å². The largest absolute Gasteiger partial charge is 0.505 e. The van der Waals surface area contributed by atoms with Crippen LogP contribution < -0.4 is 5.43 Å². The van der Waals surface area contributed by atoms with Crippen LogP contribution in [0.4, 0.5) is 14.5 Å². The molecule has 0 fully saturated rings. The van der Waals surface area contributed by atoms with Gasteiger partial charge in [0, 0.05) is 12.1 Å². The van der Waals surface area contributed by atoms with E-state index in [1.807, 2.05) is 0 Å². The van der Waals surface area contributed by atoms with Crippen LogP contribution >= 0.6 is 0 Å². The quantitative estimate of drug-likeness (QED) is 0.585. The molecule has 2 N–H and O–H groups in total. The lowest BCUT2D eigenvalue weighted by atomic mass is 10.3. The average molecular weight is 222 g/mol. The van der Waals surface area contributed by atoms with Gasteiger partial charge < -0.3 is 5.11 Å². The Morgan fingerprint density at radius 1 is 1.31 bits per heavy atom. The van der Waals surface area contributed by atoms with Crippen molar-refractivity contribution in [2.24, 2.45) is 5.10 Å². The molecule has 80 valence electrons. The minimum atomic E-state index is -1.38. The lowest BCUT2D eigenvalue weighted by Crippen LogP contribution is -1.97. The van der Waals surface area contributed by atoms with Gasteiger partial charge in [-0.1, -0.05) is 0 Å². The molecule has 7 heteroatoms. The van der Waals surface area contributed by atoms with Gasteiger partial charge in [0.2, 0.25) is 5.71 Å². The van der Waals surface area contributed by atoms with E-state index in [9.17, 15) is 8.78 Å². The summed E-state index contributed by atoms with van der Waals surface area (Å²) in [6, 6.07) is 4.51. The molecule has 0 aliphatic rings. The van der Waals surface area contributed by atoms with E-state index in [0.717, 1.165) is 12.1 Å². The molecular weight excluding hydrogens is 218 g/mol. The van der Waals surface area contributed by atoms with Gasteiger partial charge in [0.25, 0.3) is 0 Å². The van der Waals surface area contributed by atoms with Crippen molar-refractivity contribution in [3.63, 3.8) is 0 Å². The maximum absolute atomic E-state index is 12.8. The molecule has 0 aliphatic carbocycles. The number of anilines is 1. The van der Waals surface area contributed by atoms with E-state index in [4.69, 9.17) is 15.6 Å². The molecule has 0 unspecified atom stereocenters. The number of halogens is 2. The molecule has 0 amide bonds. The fourth-order valence-electron chi connectivity index (χ4n) is 0.835. The number of phenolic OH excluding ortho intramolecular Hbond substituents is 1. The number of hydrogen-bond acceptors (Lipinski definition) is 5. The predicted octanol–water partition coefficient (Wildman–Crippen LogP) is 1.49. The van der Waals surface area contributed by atoms with Gasteiger partial charge in [0.15, 0.2) is 17.4 Å². The highest BCUT2D eigenvalue weighted by Crippen LogP contribution is 2.23. The minimum absolute atomic E-state index is 0.0839. The van der Waals surface area contributed by atoms with E-state index >= 15 is 0 Å². The minimum Gasteiger partial charge on any atom is -0.505 e. The molecule has 5 nitrogen and oxygen atoms in total. The van der Waals surface area contributed by atoms with Gasteiger partial charge in [0.05, 0.1) is 5.69 Å². The second-order valence-corrected chi connectivity index (χ2v) is 2.59. The van der Waals surface area contributed by atoms with Crippen LogP contribution in [-0.2, 0) is 0 Å². The number of hydrazone groups is 1. The summed E-state index contributed by atoms with van der Waals surface area (Å²) in [6.07, 6.45) is 0. The summed E-state index contributed by atoms with van der Waals surface area (Å²) in [5.74, 6) is -3.54. The summed E-state index contributed by atoms with van der Waals surface area (Å²) in [7, 11) is 0. The van der Waals surface area contributed by atoms with Gasteiger partial charge in [-0.3, -0.25) is 5.43 Å². The molecule has 0 saturated heterocycles. The van der Waals surface area contributed by atoms with Crippen molar-refractivity contribution in [2.75, 3.05) is 5.43 Å². The molecule has 0 saturated carbocycles. The van der Waals surface area contributed by atoms with Crippen molar-refractivity contribution in [1.29, 1.82) is 10.5 Å². The van der Waals surface area contributed by atoms with Gasteiger partial charge in [-0.15, -0.1) is 0 Å². The van der Waals surface area contributed by atoms with Crippen molar-refractivity contribution in [3.05, 3.63) is 23.8 Å². The number of nitrogens with zero attached hydrogens (tertiary/aromatic N) is 3. The van der Waals surface area contributed by atoms with Crippen LogP contribution in [0.15, 0.2) is 17.2 Å². The fourth-order valence-corrected chi connectivity index (χ4v) is 0.835. The number of hydrogen-bond donors (Lipinski definition) is 2. The van der Waals surface area contributed by atoms with E-state index in [0.29, 0.717) is 0 Å². The number of nitrogens with one attached hydrogen (secondary N) is 1. The van der Waals surface area contributed by atoms with E-state index in [2.05, 4.69) is 10.5 Å². The Morgan fingerprint density at radius 3 is 2.44 bits per heavy atom. The van der Waals surface area contributed by atoms with Crippen LogP contribution in [0.25, 0.3) is 0 Å². The first-order valence-electron chi connectivity index (χ1n) is 3.90. The van der Waals surface area contributed by atoms with Crippen LogP contribution in [-0.4, -0.2) is 10.8 Å². The van der Waals surface area contributed by atoms with Gasteiger partial charge in [-0.25, -0.2) is 4.39 Å². The Morgan fingerprint density at radius 2 is 1.94 bits per heavy atom. The summed E-state index contributed by atoms with van der Waals surface area (Å²) in [6.45, 7) is 0. The predicted molar refractivity (Wildman–Crippen MR) is 50.3 cm³/mol. The molecule has 0 aliphatic heterocycles. The third-order valence-electron chi connectivity index (χ3n) is 1.52. The van der Waals surface area contributed by atoms with Crippen molar-refractivity contribution >= 4 is 11.4 Å². The maximum Gasteiger partial charge on any atom is 0.237 e. The second-order valence-electron chi connectivity index (χ2n) is 2.59. The van der Waals surface area contributed by atoms with Gasteiger partial charge in [-0.2, -0.15) is 20.0 Å². The molecular formula is C9H4F2N4O. The third kappa shape index (κ3) is 2.42. The second kappa shape index (κ2) is 4.71. The Labute approximate surface area is 88.9 Å². The zero-order valence-electron chi connectivity index (χ0n) is 7.70. The molecule has 1 aromatic rings. The Kier molecular flexibility index (Phi) is 3.36. The van der Waals surface area contributed by atoms with E-state index in [-0.39, 0.29) is 5.69 Å². The summed E-state index contributed by atoms with van der Waals surface area (Å²) in [4.78, 5) is 0. The summed E-state index contributed by atoms with van der Waals surface area (Å²) < 4.78 is 25.4. The van der Waals surface area contributed by atoms with Gasteiger partial charge in [0.1, 0.15) is 12.1 Å². The van der Waals surface area contributed by atoms with Crippen LogP contribution in [0.3, 0.4) is 0 Å². The Balaban J connectivity index is 2.98. The fraction of sp³-hybridized carbons (Fsp3) is 0. The topological polar surface area (TPSA) is 92.2 Å². The number of phenols is 1. The molecule has 1 aromatic carbocycles. The molecule has 0 atom stereocenters. The van der Waals surface area contributed by atoms with Crippen LogP contribution in [0.5, 0.6) is 5.75 Å². The van der Waals surface area contributed by atoms with Crippen LogP contribution in [0, 0.1) is 34.3 Å². The van der Waals surface area contributed by atoms with Gasteiger partial charge in [-0.05, 0) is 0 Å². The lowest BCUT2D eigenvalue weighted by Gasteiger charge is -2.02. The molecule has 0 aromatic heterocycles. The zero-order chi connectivity index (χ0) is 12.1. The standard InChI is InChI=1S/C9H4F2N4O/c10-7-1-5(2-8(16)9(7)11)14-15-6(3-12)4-13/h1-2,14,16H. The highest BCUT2D eigenvalue weighted by atomic mass is 19.2. The highest BCUT2D eigenvalue weighted by molar-refractivity contribution is 6.10. The average Bonchev–Trinajstić information content (AvgIpc) is 2.27. The first-order valence-corrected chi connectivity index (χ1v) is 3.90. The number of nitriles is 2. The molecule has 0 bridgehead atoms. The van der Waals surface area contributed by atoms with Crippen molar-refractivity contribution < 1.29 is 13.9 Å². The zero-order valence-corrected chi connectivity index (χ0v) is 7.70. The normalized spacial score (nSPS) is 8.75. The highest BCUT2D eigenvalue weighted by Gasteiger charge is 2.09. The maximum atomic E-state index is 12.8. The lowest BCUT2D eigenvalue weighted by molar-refractivity contribution is 0.407. The number of aromatic hydroxyl groups is 1. The van der Waals surface area contributed by atoms with E-state index < -0.39 is 23.1 Å².